The smallest absolute Gasteiger partial charge is 0.328 e. The summed E-state index contributed by atoms with van der Waals surface area (Å²) in [6, 6.07) is 4.63. The van der Waals surface area contributed by atoms with Crippen LogP contribution in [0, 0.1) is 0 Å². The fourth-order valence-corrected chi connectivity index (χ4v) is 3.81. The molecule has 2 aromatic rings. The van der Waals surface area contributed by atoms with Crippen LogP contribution in [0.15, 0.2) is 35.5 Å². The maximum absolute atomic E-state index is 12.8. The van der Waals surface area contributed by atoms with Crippen molar-refractivity contribution < 1.29 is 29.0 Å². The number of hydrogen-bond donors (Lipinski definition) is 3. The van der Waals surface area contributed by atoms with Gasteiger partial charge in [0, 0.05) is 34.9 Å². The predicted octanol–water partition coefficient (Wildman–Crippen LogP) is 1.14. The number of para-hydroxylation sites is 1. The van der Waals surface area contributed by atoms with E-state index >= 15 is 0 Å². The maximum atomic E-state index is 12.8. The van der Waals surface area contributed by atoms with Crippen molar-refractivity contribution in [1.82, 2.24) is 15.6 Å². The fourth-order valence-electron chi connectivity index (χ4n) is 3.27. The zero-order chi connectivity index (χ0) is 26.2. The molecule has 0 saturated heterocycles. The molecule has 1 heterocycles. The fraction of sp³-hybridized carbons (Fsp3) is 0.500. The number of nitrogens with one attached hydrogen (secondary N) is 3. The zero-order valence-corrected chi connectivity index (χ0v) is 21.7. The number of ether oxygens (including phenoxy) is 2. The number of benzene rings is 1. The van der Waals surface area contributed by atoms with Crippen LogP contribution < -0.4 is 15.7 Å². The molecule has 1 aromatic carbocycles. The Kier molecular flexibility index (Phi) is 10.00. The van der Waals surface area contributed by atoms with Gasteiger partial charge in [-0.15, -0.1) is 0 Å². The van der Waals surface area contributed by atoms with Gasteiger partial charge in [0.15, 0.2) is 0 Å². The molecule has 3 atom stereocenters. The van der Waals surface area contributed by atoms with Crippen LogP contribution in [0.1, 0.15) is 33.3 Å². The molecule has 2 rings (SSSR count). The number of amides is 2. The minimum atomic E-state index is -1.03. The van der Waals surface area contributed by atoms with Crippen molar-refractivity contribution in [1.29, 1.82) is 0 Å². The number of methoxy groups -OCH3 is 1. The molecule has 0 saturated carbocycles. The summed E-state index contributed by atoms with van der Waals surface area (Å²) in [7, 11) is 1.24. The van der Waals surface area contributed by atoms with Crippen LogP contribution in [0.25, 0.3) is 10.9 Å². The lowest BCUT2D eigenvalue weighted by atomic mass is 10.0. The number of rotatable bonds is 10. The van der Waals surface area contributed by atoms with Gasteiger partial charge in [-0.05, 0) is 24.8 Å². The van der Waals surface area contributed by atoms with Crippen molar-refractivity contribution >= 4 is 46.5 Å². The summed E-state index contributed by atoms with van der Waals surface area (Å²) in [5.74, 6) is -1.56. The van der Waals surface area contributed by atoms with Crippen LogP contribution in [0.2, 0.25) is 0 Å². The average molecular weight is 506 g/mol. The molecule has 2 amide bonds. The second-order valence-electron chi connectivity index (χ2n) is 8.96. The zero-order valence-electron chi connectivity index (χ0n) is 20.8. The predicted molar refractivity (Wildman–Crippen MR) is 134 cm³/mol. The van der Waals surface area contributed by atoms with E-state index in [4.69, 9.17) is 9.47 Å². The first-order chi connectivity index (χ1) is 16.4. The SMILES string of the molecule is COC(=O)[C@H](Cc1c[nH]c2ccccc12)NC(=O)[C@H](C)NC(=O)[C@H](CSC)N=C([O-])OC(C)(C)C. The monoisotopic (exact) mass is 505 g/mol. The summed E-state index contributed by atoms with van der Waals surface area (Å²) in [6.07, 6.45) is 2.90. The number of esters is 1. The van der Waals surface area contributed by atoms with Crippen molar-refractivity contribution in [2.45, 2.75) is 57.8 Å². The lowest BCUT2D eigenvalue weighted by Gasteiger charge is -2.30. The molecule has 0 bridgehead atoms. The molecule has 11 heteroatoms. The van der Waals surface area contributed by atoms with Crippen molar-refractivity contribution in [3.05, 3.63) is 36.0 Å². The van der Waals surface area contributed by atoms with Gasteiger partial charge in [-0.3, -0.25) is 14.6 Å². The van der Waals surface area contributed by atoms with E-state index in [-0.39, 0.29) is 12.2 Å². The summed E-state index contributed by atoms with van der Waals surface area (Å²) >= 11 is 1.33. The number of carbonyl (C=O) groups excluding carboxylic acids is 3. The van der Waals surface area contributed by atoms with Crippen LogP contribution in [0.3, 0.4) is 0 Å². The Balaban J connectivity index is 2.08. The highest BCUT2D eigenvalue weighted by atomic mass is 32.2. The van der Waals surface area contributed by atoms with E-state index in [1.54, 1.807) is 33.2 Å². The molecule has 0 aliphatic carbocycles. The van der Waals surface area contributed by atoms with Gasteiger partial charge >= 0.3 is 5.97 Å². The third-order valence-electron chi connectivity index (χ3n) is 4.94. The van der Waals surface area contributed by atoms with Gasteiger partial charge in [0.05, 0.1) is 7.11 Å². The van der Waals surface area contributed by atoms with E-state index in [1.165, 1.54) is 25.8 Å². The Labute approximate surface area is 209 Å². The number of H-pyrrole nitrogens is 1. The Morgan fingerprint density at radius 1 is 1.17 bits per heavy atom. The highest BCUT2D eigenvalue weighted by molar-refractivity contribution is 7.98. The number of hydrogen-bond acceptors (Lipinski definition) is 8. The standard InChI is InChI=1S/C24H34N4O6S/c1-14(26-21(30)19(13-35-6)28-23(32)34-24(2,3)4)20(29)27-18(22(31)33-5)11-15-12-25-17-10-8-7-9-16(15)17/h7-10,12,14,18-19,25H,11,13H2,1-6H3,(H,26,30)(H,27,29)(H,28,32)/p-1/t14-,18-,19-/m0/s1. The summed E-state index contributed by atoms with van der Waals surface area (Å²) in [6.45, 7) is 6.58. The summed E-state index contributed by atoms with van der Waals surface area (Å²) in [5, 5.41) is 18.2. The Morgan fingerprint density at radius 2 is 1.86 bits per heavy atom. The first-order valence-electron chi connectivity index (χ1n) is 11.1. The molecule has 0 aliphatic heterocycles. The van der Waals surface area contributed by atoms with Crippen LogP contribution in [0.4, 0.5) is 0 Å². The summed E-state index contributed by atoms with van der Waals surface area (Å²) in [5.41, 5.74) is 0.998. The molecule has 0 aliphatic rings. The molecule has 3 N–H and O–H groups in total. The van der Waals surface area contributed by atoms with Gasteiger partial charge in [0.1, 0.15) is 24.2 Å². The van der Waals surface area contributed by atoms with E-state index in [9.17, 15) is 19.5 Å². The average Bonchev–Trinajstić information content (AvgIpc) is 3.19. The van der Waals surface area contributed by atoms with E-state index in [0.717, 1.165) is 16.5 Å². The number of carbonyl (C=O) groups is 3. The van der Waals surface area contributed by atoms with Gasteiger partial charge in [0.2, 0.25) is 11.8 Å². The van der Waals surface area contributed by atoms with Gasteiger partial charge in [-0.2, -0.15) is 11.8 Å². The van der Waals surface area contributed by atoms with Gasteiger partial charge in [-0.25, -0.2) is 4.79 Å². The summed E-state index contributed by atoms with van der Waals surface area (Å²) in [4.78, 5) is 44.9. The van der Waals surface area contributed by atoms with Crippen LogP contribution in [0.5, 0.6) is 0 Å². The molecule has 10 nitrogen and oxygen atoms in total. The third-order valence-corrected chi connectivity index (χ3v) is 5.58. The molecule has 35 heavy (non-hydrogen) atoms. The Hall–Kier alpha value is -3.21. The number of aromatic nitrogens is 1. The Morgan fingerprint density at radius 3 is 2.49 bits per heavy atom. The highest BCUT2D eigenvalue weighted by Gasteiger charge is 2.28. The molecule has 1 aromatic heterocycles. The highest BCUT2D eigenvalue weighted by Crippen LogP contribution is 2.19. The van der Waals surface area contributed by atoms with Gasteiger partial charge in [-0.1, -0.05) is 39.0 Å². The first-order valence-corrected chi connectivity index (χ1v) is 12.5. The number of nitrogens with zero attached hydrogens (tertiary/aromatic N) is 1. The largest absolute Gasteiger partial charge is 0.595 e. The normalized spacial score (nSPS) is 14.6. The molecular formula is C24H33N4O6S-. The van der Waals surface area contributed by atoms with Crippen molar-refractivity contribution in [2.24, 2.45) is 4.99 Å². The van der Waals surface area contributed by atoms with Crippen LogP contribution in [-0.4, -0.2) is 71.7 Å². The van der Waals surface area contributed by atoms with Crippen molar-refractivity contribution in [2.75, 3.05) is 19.1 Å². The van der Waals surface area contributed by atoms with Crippen LogP contribution >= 0.6 is 11.8 Å². The van der Waals surface area contributed by atoms with Gasteiger partial charge < -0.3 is 30.2 Å². The molecule has 0 fully saturated rings. The lowest BCUT2D eigenvalue weighted by Crippen LogP contribution is -2.53. The molecule has 0 spiro atoms. The molecule has 192 valence electrons. The minimum absolute atomic E-state index is 0.201. The quantitative estimate of drug-likeness (QED) is 0.249. The molecular weight excluding hydrogens is 472 g/mol. The number of thioether (sulfide) groups is 1. The number of fused-ring (bicyclic) bond motifs is 1. The third kappa shape index (κ3) is 8.50. The minimum Gasteiger partial charge on any atom is -0.595 e. The molecule has 0 radical (unpaired) electrons. The first kappa shape index (κ1) is 28.0. The second kappa shape index (κ2) is 12.5. The summed E-state index contributed by atoms with van der Waals surface area (Å²) < 4.78 is 10.0. The van der Waals surface area contributed by atoms with E-state index < -0.39 is 47.6 Å². The molecule has 0 unspecified atom stereocenters. The topological polar surface area (TPSA) is 145 Å². The van der Waals surface area contributed by atoms with Crippen molar-refractivity contribution in [3.63, 3.8) is 0 Å². The van der Waals surface area contributed by atoms with E-state index in [0.29, 0.717) is 0 Å². The maximum Gasteiger partial charge on any atom is 0.328 e. The van der Waals surface area contributed by atoms with E-state index in [2.05, 4.69) is 20.6 Å². The number of aliphatic imine (C=N–C) groups is 1. The van der Waals surface area contributed by atoms with Crippen molar-refractivity contribution in [3.8, 4) is 0 Å². The number of aromatic amines is 1. The Bertz CT molecular complexity index is 1060. The van der Waals surface area contributed by atoms with Crippen LogP contribution in [-0.2, 0) is 30.3 Å². The second-order valence-corrected chi connectivity index (χ2v) is 9.87. The van der Waals surface area contributed by atoms with Gasteiger partial charge in [0.25, 0.3) is 0 Å². The van der Waals surface area contributed by atoms with E-state index in [1.807, 2.05) is 24.3 Å². The lowest BCUT2D eigenvalue weighted by molar-refractivity contribution is -0.260.